The van der Waals surface area contributed by atoms with E-state index in [2.05, 4.69) is 25.8 Å². The fourth-order valence-corrected chi connectivity index (χ4v) is 4.99. The number of benzene rings is 1. The van der Waals surface area contributed by atoms with Gasteiger partial charge in [-0.1, -0.05) is 30.2 Å². The number of aromatic nitrogens is 3. The largest absolute Gasteiger partial charge is 0.356 e. The quantitative estimate of drug-likeness (QED) is 0.696. The van der Waals surface area contributed by atoms with Gasteiger partial charge in [0.05, 0.1) is 5.39 Å². The van der Waals surface area contributed by atoms with E-state index < -0.39 is 0 Å². The number of anilines is 1. The SMILES string of the molecule is Clc1cccc(-c2c[nH]c3ncnc(N4CCC(N5CCCCC5)CC4)c23)c1. The summed E-state index contributed by atoms with van der Waals surface area (Å²) in [4.78, 5) is 17.6. The molecule has 0 aliphatic carbocycles. The lowest BCUT2D eigenvalue weighted by Crippen LogP contribution is -2.47. The second-order valence-corrected chi connectivity index (χ2v) is 8.38. The molecule has 2 saturated heterocycles. The van der Waals surface area contributed by atoms with Gasteiger partial charge in [-0.15, -0.1) is 0 Å². The summed E-state index contributed by atoms with van der Waals surface area (Å²) in [6, 6.07) is 8.72. The number of piperidine rings is 2. The van der Waals surface area contributed by atoms with Gasteiger partial charge in [0.2, 0.25) is 0 Å². The van der Waals surface area contributed by atoms with Crippen LogP contribution in [0, 0.1) is 0 Å². The Kier molecular flexibility index (Phi) is 4.95. The molecule has 4 heterocycles. The number of fused-ring (bicyclic) bond motifs is 1. The van der Waals surface area contributed by atoms with Crippen molar-refractivity contribution in [3.05, 3.63) is 41.8 Å². The minimum Gasteiger partial charge on any atom is -0.356 e. The predicted octanol–water partition coefficient (Wildman–Crippen LogP) is 4.73. The third kappa shape index (κ3) is 3.38. The van der Waals surface area contributed by atoms with Crippen LogP contribution < -0.4 is 4.90 Å². The lowest BCUT2D eigenvalue weighted by molar-refractivity contribution is 0.141. The molecular weight excluding hydrogens is 370 g/mol. The van der Waals surface area contributed by atoms with Gasteiger partial charge >= 0.3 is 0 Å². The average molecular weight is 396 g/mol. The van der Waals surface area contributed by atoms with E-state index in [9.17, 15) is 0 Å². The first kappa shape index (κ1) is 18.0. The van der Waals surface area contributed by atoms with E-state index in [-0.39, 0.29) is 0 Å². The van der Waals surface area contributed by atoms with E-state index in [4.69, 9.17) is 16.6 Å². The Balaban J connectivity index is 1.43. The van der Waals surface area contributed by atoms with Gasteiger partial charge in [0.15, 0.2) is 0 Å². The van der Waals surface area contributed by atoms with Gasteiger partial charge in [0, 0.05) is 35.9 Å². The molecular formula is C22H26ClN5. The molecule has 28 heavy (non-hydrogen) atoms. The van der Waals surface area contributed by atoms with Crippen molar-refractivity contribution < 1.29 is 0 Å². The second kappa shape index (κ2) is 7.72. The highest BCUT2D eigenvalue weighted by Crippen LogP contribution is 2.35. The fraction of sp³-hybridized carbons (Fsp3) is 0.455. The summed E-state index contributed by atoms with van der Waals surface area (Å²) >= 11 is 6.23. The van der Waals surface area contributed by atoms with Gasteiger partial charge in [0.25, 0.3) is 0 Å². The van der Waals surface area contributed by atoms with Gasteiger partial charge in [0.1, 0.15) is 17.8 Å². The summed E-state index contributed by atoms with van der Waals surface area (Å²) in [5.41, 5.74) is 3.10. The summed E-state index contributed by atoms with van der Waals surface area (Å²) in [6.07, 6.45) is 10.2. The molecule has 146 valence electrons. The van der Waals surface area contributed by atoms with Crippen molar-refractivity contribution in [1.82, 2.24) is 19.9 Å². The van der Waals surface area contributed by atoms with Crippen molar-refractivity contribution >= 4 is 28.5 Å². The van der Waals surface area contributed by atoms with Crippen LogP contribution in [-0.4, -0.2) is 52.1 Å². The van der Waals surface area contributed by atoms with Gasteiger partial charge in [-0.25, -0.2) is 9.97 Å². The summed E-state index contributed by atoms with van der Waals surface area (Å²) in [5, 5.41) is 1.84. The number of halogens is 1. The Hall–Kier alpha value is -2.11. The van der Waals surface area contributed by atoms with Gasteiger partial charge < -0.3 is 14.8 Å². The predicted molar refractivity (Wildman–Crippen MR) is 115 cm³/mol. The number of rotatable bonds is 3. The highest BCUT2D eigenvalue weighted by atomic mass is 35.5. The van der Waals surface area contributed by atoms with E-state index in [1.54, 1.807) is 6.33 Å². The molecule has 0 bridgehead atoms. The topological polar surface area (TPSA) is 48.1 Å². The first-order valence-corrected chi connectivity index (χ1v) is 10.7. The second-order valence-electron chi connectivity index (χ2n) is 7.95. The third-order valence-corrected chi connectivity index (χ3v) is 6.49. The zero-order valence-electron chi connectivity index (χ0n) is 16.1. The molecule has 0 spiro atoms. The maximum Gasteiger partial charge on any atom is 0.143 e. The minimum atomic E-state index is 0.729. The molecule has 1 aromatic carbocycles. The molecule has 6 heteroatoms. The number of nitrogens with zero attached hydrogens (tertiary/aromatic N) is 4. The third-order valence-electron chi connectivity index (χ3n) is 6.26. The van der Waals surface area contributed by atoms with Crippen molar-refractivity contribution in [1.29, 1.82) is 0 Å². The summed E-state index contributed by atoms with van der Waals surface area (Å²) in [7, 11) is 0. The Labute approximate surface area is 170 Å². The Morgan fingerprint density at radius 3 is 2.61 bits per heavy atom. The lowest BCUT2D eigenvalue weighted by atomic mass is 9.99. The number of nitrogens with one attached hydrogen (secondary N) is 1. The fourth-order valence-electron chi connectivity index (χ4n) is 4.80. The molecule has 2 fully saturated rings. The number of hydrogen-bond donors (Lipinski definition) is 1. The zero-order chi connectivity index (χ0) is 18.9. The summed E-state index contributed by atoms with van der Waals surface area (Å²) in [5.74, 6) is 1.04. The summed E-state index contributed by atoms with van der Waals surface area (Å²) in [6.45, 7) is 4.65. The van der Waals surface area contributed by atoms with E-state index in [0.717, 1.165) is 52.1 Å². The van der Waals surface area contributed by atoms with Crippen LogP contribution in [0.1, 0.15) is 32.1 Å². The maximum atomic E-state index is 6.23. The van der Waals surface area contributed by atoms with Crippen molar-refractivity contribution in [2.45, 2.75) is 38.1 Å². The highest BCUT2D eigenvalue weighted by Gasteiger charge is 2.27. The van der Waals surface area contributed by atoms with Crippen LogP contribution in [0.2, 0.25) is 5.02 Å². The van der Waals surface area contributed by atoms with E-state index in [0.29, 0.717) is 0 Å². The molecule has 1 N–H and O–H groups in total. The number of H-pyrrole nitrogens is 1. The minimum absolute atomic E-state index is 0.729. The van der Waals surface area contributed by atoms with Crippen LogP contribution in [0.4, 0.5) is 5.82 Å². The Morgan fingerprint density at radius 1 is 1.00 bits per heavy atom. The molecule has 0 atom stereocenters. The van der Waals surface area contributed by atoms with Crippen molar-refractivity contribution in [2.75, 3.05) is 31.1 Å². The molecule has 0 radical (unpaired) electrons. The molecule has 0 amide bonds. The van der Waals surface area contributed by atoms with Crippen LogP contribution >= 0.6 is 11.6 Å². The van der Waals surface area contributed by atoms with E-state index in [1.807, 2.05) is 24.4 Å². The van der Waals surface area contributed by atoms with E-state index >= 15 is 0 Å². The Bertz CT molecular complexity index is 954. The van der Waals surface area contributed by atoms with E-state index in [1.165, 1.54) is 45.2 Å². The van der Waals surface area contributed by atoms with Gasteiger partial charge in [-0.3, -0.25) is 0 Å². The highest BCUT2D eigenvalue weighted by molar-refractivity contribution is 6.31. The lowest BCUT2D eigenvalue weighted by Gasteiger charge is -2.40. The van der Waals surface area contributed by atoms with Crippen molar-refractivity contribution in [2.24, 2.45) is 0 Å². The molecule has 0 saturated carbocycles. The molecule has 2 aliphatic heterocycles. The van der Waals surface area contributed by atoms with Crippen LogP contribution in [0.25, 0.3) is 22.2 Å². The van der Waals surface area contributed by atoms with Crippen molar-refractivity contribution in [3.8, 4) is 11.1 Å². The van der Waals surface area contributed by atoms with Crippen LogP contribution in [0.15, 0.2) is 36.8 Å². The van der Waals surface area contributed by atoms with Gasteiger partial charge in [-0.2, -0.15) is 0 Å². The van der Waals surface area contributed by atoms with Crippen LogP contribution in [-0.2, 0) is 0 Å². The molecule has 5 nitrogen and oxygen atoms in total. The molecule has 3 aromatic rings. The number of aromatic amines is 1. The Morgan fingerprint density at radius 2 is 1.82 bits per heavy atom. The molecule has 5 rings (SSSR count). The molecule has 0 unspecified atom stereocenters. The van der Waals surface area contributed by atoms with Crippen LogP contribution in [0.3, 0.4) is 0 Å². The smallest absolute Gasteiger partial charge is 0.143 e. The number of likely N-dealkylation sites (tertiary alicyclic amines) is 1. The standard InChI is InChI=1S/C22H26ClN5/c23-17-6-4-5-16(13-17)19-14-24-21-20(19)22(26-15-25-21)28-11-7-18(8-12-28)27-9-2-1-3-10-27/h4-6,13-15,18H,1-3,7-12H2,(H,24,25,26). The maximum absolute atomic E-state index is 6.23. The average Bonchev–Trinajstić information content (AvgIpc) is 3.19. The normalized spacial score (nSPS) is 19.4. The molecule has 2 aromatic heterocycles. The monoisotopic (exact) mass is 395 g/mol. The first-order chi connectivity index (χ1) is 13.8. The first-order valence-electron chi connectivity index (χ1n) is 10.4. The van der Waals surface area contributed by atoms with Gasteiger partial charge in [-0.05, 0) is 56.5 Å². The zero-order valence-corrected chi connectivity index (χ0v) is 16.8. The summed E-state index contributed by atoms with van der Waals surface area (Å²) < 4.78 is 0. The molecule has 2 aliphatic rings. The van der Waals surface area contributed by atoms with Crippen molar-refractivity contribution in [3.63, 3.8) is 0 Å². The van der Waals surface area contributed by atoms with Crippen LogP contribution in [0.5, 0.6) is 0 Å². The number of hydrogen-bond acceptors (Lipinski definition) is 4.